The zero-order chi connectivity index (χ0) is 14.9. The van der Waals surface area contributed by atoms with Crippen molar-refractivity contribution in [3.05, 3.63) is 54.2 Å². The predicted octanol–water partition coefficient (Wildman–Crippen LogP) is 1.42. The lowest BCUT2D eigenvalue weighted by atomic mass is 10.2. The zero-order valence-corrected chi connectivity index (χ0v) is 11.9. The number of carbonyl (C=O) groups is 1. The number of sulfonamides is 1. The standard InChI is InChI=1S/C14H14N2O4S/c17-14(12-7-11(12)13-4-2-6-20-13)16-21(18,19)9-10-3-1-5-15-8-10/h1-6,8,11-12H,7,9H2,(H,16,17)/t11-,12-/m1/s1. The highest BCUT2D eigenvalue weighted by molar-refractivity contribution is 7.89. The SMILES string of the molecule is O=C(NS(=O)(=O)Cc1cccnc1)[C@@H]1C[C@H]1c1ccco1. The summed E-state index contributed by atoms with van der Waals surface area (Å²) in [5.74, 6) is -0.362. The van der Waals surface area contributed by atoms with Crippen molar-refractivity contribution in [2.75, 3.05) is 0 Å². The van der Waals surface area contributed by atoms with Crippen LogP contribution in [-0.4, -0.2) is 19.3 Å². The van der Waals surface area contributed by atoms with Gasteiger partial charge in [-0.05, 0) is 30.2 Å². The number of hydrogen-bond donors (Lipinski definition) is 1. The second-order valence-electron chi connectivity index (χ2n) is 5.05. The molecule has 1 fully saturated rings. The first kappa shape index (κ1) is 13.8. The van der Waals surface area contributed by atoms with Gasteiger partial charge in [-0.3, -0.25) is 14.5 Å². The summed E-state index contributed by atoms with van der Waals surface area (Å²) >= 11 is 0. The molecule has 21 heavy (non-hydrogen) atoms. The fourth-order valence-electron chi connectivity index (χ4n) is 2.27. The third-order valence-corrected chi connectivity index (χ3v) is 4.60. The van der Waals surface area contributed by atoms with Gasteiger partial charge >= 0.3 is 0 Å². The molecule has 0 bridgehead atoms. The molecule has 0 aromatic carbocycles. The minimum Gasteiger partial charge on any atom is -0.469 e. The average molecular weight is 306 g/mol. The van der Waals surface area contributed by atoms with Crippen molar-refractivity contribution in [3.8, 4) is 0 Å². The van der Waals surface area contributed by atoms with Gasteiger partial charge in [0.25, 0.3) is 0 Å². The second-order valence-corrected chi connectivity index (χ2v) is 6.77. The Labute approximate surface area is 122 Å². The van der Waals surface area contributed by atoms with Gasteiger partial charge in [0, 0.05) is 24.2 Å². The Bertz CT molecular complexity index is 726. The summed E-state index contributed by atoms with van der Waals surface area (Å²) in [7, 11) is -3.70. The predicted molar refractivity (Wildman–Crippen MR) is 74.6 cm³/mol. The van der Waals surface area contributed by atoms with Gasteiger partial charge in [0.1, 0.15) is 5.76 Å². The van der Waals surface area contributed by atoms with Crippen LogP contribution in [0.2, 0.25) is 0 Å². The Morgan fingerprint density at radius 3 is 2.90 bits per heavy atom. The lowest BCUT2D eigenvalue weighted by Crippen LogP contribution is -2.33. The molecule has 0 spiro atoms. The molecule has 1 aliphatic carbocycles. The first-order chi connectivity index (χ1) is 10.1. The van der Waals surface area contributed by atoms with E-state index in [2.05, 4.69) is 9.71 Å². The topological polar surface area (TPSA) is 89.3 Å². The van der Waals surface area contributed by atoms with Crippen molar-refractivity contribution in [2.24, 2.45) is 5.92 Å². The molecular formula is C14H14N2O4S. The summed E-state index contributed by atoms with van der Waals surface area (Å²) in [5.41, 5.74) is 0.538. The third kappa shape index (κ3) is 3.30. The van der Waals surface area contributed by atoms with Gasteiger partial charge in [-0.1, -0.05) is 6.07 Å². The zero-order valence-electron chi connectivity index (χ0n) is 11.1. The number of carbonyl (C=O) groups excluding carboxylic acids is 1. The van der Waals surface area contributed by atoms with Gasteiger partial charge in [-0.25, -0.2) is 8.42 Å². The van der Waals surface area contributed by atoms with Gasteiger partial charge in [-0.2, -0.15) is 0 Å². The van der Waals surface area contributed by atoms with Crippen LogP contribution in [0.5, 0.6) is 0 Å². The monoisotopic (exact) mass is 306 g/mol. The highest BCUT2D eigenvalue weighted by Gasteiger charge is 2.46. The molecule has 2 heterocycles. The van der Waals surface area contributed by atoms with Gasteiger partial charge in [0.15, 0.2) is 0 Å². The molecule has 2 atom stereocenters. The molecule has 3 rings (SSSR count). The van der Waals surface area contributed by atoms with Crippen LogP contribution in [0, 0.1) is 5.92 Å². The number of hydrogen-bond acceptors (Lipinski definition) is 5. The van der Waals surface area contributed by atoms with E-state index in [1.807, 2.05) is 0 Å². The summed E-state index contributed by atoms with van der Waals surface area (Å²) in [4.78, 5) is 15.8. The molecule has 2 aromatic rings. The molecule has 1 N–H and O–H groups in total. The van der Waals surface area contributed by atoms with Crippen LogP contribution in [0.4, 0.5) is 0 Å². The molecule has 1 aliphatic rings. The minimum absolute atomic E-state index is 0.0198. The van der Waals surface area contributed by atoms with Crippen molar-refractivity contribution >= 4 is 15.9 Å². The van der Waals surface area contributed by atoms with Crippen molar-refractivity contribution in [1.82, 2.24) is 9.71 Å². The Hall–Kier alpha value is -2.15. The summed E-state index contributed by atoms with van der Waals surface area (Å²) < 4.78 is 31.3. The Morgan fingerprint density at radius 2 is 2.24 bits per heavy atom. The summed E-state index contributed by atoms with van der Waals surface area (Å²) in [6.45, 7) is 0. The maximum Gasteiger partial charge on any atom is 0.239 e. The lowest BCUT2D eigenvalue weighted by molar-refractivity contribution is -0.120. The third-order valence-electron chi connectivity index (χ3n) is 3.37. The number of aromatic nitrogens is 1. The normalized spacial score (nSPS) is 21.0. The highest BCUT2D eigenvalue weighted by Crippen LogP contribution is 2.47. The number of pyridine rings is 1. The van der Waals surface area contributed by atoms with Crippen molar-refractivity contribution < 1.29 is 17.6 Å². The van der Waals surface area contributed by atoms with Crippen LogP contribution in [-0.2, 0) is 20.6 Å². The molecular weight excluding hydrogens is 292 g/mol. The van der Waals surface area contributed by atoms with E-state index >= 15 is 0 Å². The lowest BCUT2D eigenvalue weighted by Gasteiger charge is -2.06. The summed E-state index contributed by atoms with van der Waals surface area (Å²) in [6, 6.07) is 6.85. The van der Waals surface area contributed by atoms with E-state index in [1.54, 1.807) is 36.7 Å². The first-order valence-electron chi connectivity index (χ1n) is 6.52. The Balaban J connectivity index is 1.60. The van der Waals surface area contributed by atoms with Crippen molar-refractivity contribution in [3.63, 3.8) is 0 Å². The molecule has 7 heteroatoms. The van der Waals surface area contributed by atoms with Gasteiger partial charge in [0.05, 0.1) is 12.0 Å². The molecule has 1 amide bonds. The van der Waals surface area contributed by atoms with Crippen LogP contribution in [0.1, 0.15) is 23.7 Å². The molecule has 0 radical (unpaired) electrons. The van der Waals surface area contributed by atoms with E-state index in [9.17, 15) is 13.2 Å². The van der Waals surface area contributed by atoms with E-state index in [-0.39, 0.29) is 17.6 Å². The number of nitrogens with one attached hydrogen (secondary N) is 1. The van der Waals surface area contributed by atoms with E-state index in [0.29, 0.717) is 12.0 Å². The largest absolute Gasteiger partial charge is 0.469 e. The fraction of sp³-hybridized carbons (Fsp3) is 0.286. The quantitative estimate of drug-likeness (QED) is 0.902. The Morgan fingerprint density at radius 1 is 1.38 bits per heavy atom. The van der Waals surface area contributed by atoms with Crippen LogP contribution in [0.25, 0.3) is 0 Å². The van der Waals surface area contributed by atoms with Crippen LogP contribution >= 0.6 is 0 Å². The molecule has 110 valence electrons. The van der Waals surface area contributed by atoms with Crippen LogP contribution in [0.15, 0.2) is 47.3 Å². The molecule has 0 unspecified atom stereocenters. The van der Waals surface area contributed by atoms with Gasteiger partial charge < -0.3 is 4.42 Å². The summed E-state index contributed by atoms with van der Waals surface area (Å²) in [5, 5.41) is 0. The molecule has 2 aromatic heterocycles. The molecule has 0 aliphatic heterocycles. The van der Waals surface area contributed by atoms with Crippen LogP contribution < -0.4 is 4.72 Å². The van der Waals surface area contributed by atoms with Crippen molar-refractivity contribution in [1.29, 1.82) is 0 Å². The van der Waals surface area contributed by atoms with E-state index in [4.69, 9.17) is 4.42 Å². The van der Waals surface area contributed by atoms with Gasteiger partial charge in [0.2, 0.25) is 15.9 Å². The maximum atomic E-state index is 12.0. The van der Waals surface area contributed by atoms with E-state index in [1.165, 1.54) is 6.20 Å². The van der Waals surface area contributed by atoms with Gasteiger partial charge in [-0.15, -0.1) is 0 Å². The average Bonchev–Trinajstić information content (AvgIpc) is 3.05. The highest BCUT2D eigenvalue weighted by atomic mass is 32.2. The fourth-order valence-corrected chi connectivity index (χ4v) is 3.41. The Kier molecular flexibility index (Phi) is 3.50. The molecule has 6 nitrogen and oxygen atoms in total. The summed E-state index contributed by atoms with van der Waals surface area (Å²) in [6.07, 6.45) is 5.18. The van der Waals surface area contributed by atoms with Crippen molar-refractivity contribution in [2.45, 2.75) is 18.1 Å². The van der Waals surface area contributed by atoms with E-state index in [0.717, 1.165) is 5.76 Å². The maximum absolute atomic E-state index is 12.0. The minimum atomic E-state index is -3.70. The smallest absolute Gasteiger partial charge is 0.239 e. The number of rotatable bonds is 5. The molecule has 0 saturated heterocycles. The number of furan rings is 1. The molecule has 1 saturated carbocycles. The second kappa shape index (κ2) is 5.33. The van der Waals surface area contributed by atoms with E-state index < -0.39 is 15.9 Å². The number of amides is 1. The number of nitrogens with zero attached hydrogens (tertiary/aromatic N) is 1. The van der Waals surface area contributed by atoms with Crippen LogP contribution in [0.3, 0.4) is 0 Å². The first-order valence-corrected chi connectivity index (χ1v) is 8.17.